The molecule has 0 spiro atoms. The number of nitrogens with one attached hydrogen (secondary N) is 2. The Kier molecular flexibility index (Phi) is 5.91. The van der Waals surface area contributed by atoms with E-state index in [1.165, 1.54) is 17.5 Å². The van der Waals surface area contributed by atoms with Crippen LogP contribution < -0.4 is 15.8 Å². The number of nitrogens with zero attached hydrogens (tertiary/aromatic N) is 2. The SMILES string of the molecule is CC1(C)C[C@H](Nc2cc(NC[C@H]3C[C@H](O)[C@H](OS(N)(=O)=O)C3)ncn2)c2ccccc21. The maximum absolute atomic E-state index is 11.1. The van der Waals surface area contributed by atoms with Gasteiger partial charge in [-0.2, -0.15) is 8.42 Å². The number of nitrogens with two attached hydrogens (primary N) is 1. The molecule has 5 N–H and O–H groups in total. The van der Waals surface area contributed by atoms with Gasteiger partial charge in [0.2, 0.25) is 0 Å². The number of hydrogen-bond acceptors (Lipinski definition) is 8. The molecule has 4 atom stereocenters. The van der Waals surface area contributed by atoms with Gasteiger partial charge >= 0.3 is 10.3 Å². The number of anilines is 2. The molecule has 2 aliphatic carbocycles. The van der Waals surface area contributed by atoms with E-state index in [-0.39, 0.29) is 17.4 Å². The van der Waals surface area contributed by atoms with E-state index in [1.54, 1.807) is 0 Å². The van der Waals surface area contributed by atoms with Crippen molar-refractivity contribution < 1.29 is 17.7 Å². The molecule has 1 aromatic carbocycles. The van der Waals surface area contributed by atoms with Gasteiger partial charge in [-0.15, -0.1) is 0 Å². The van der Waals surface area contributed by atoms with E-state index in [0.717, 1.165) is 12.2 Å². The Morgan fingerprint density at radius 3 is 2.74 bits per heavy atom. The standard InChI is InChI=1S/C21H29N5O4S/c1-21(2)10-16(14-5-3-4-6-15(14)21)26-20-9-19(24-12-25-20)23-11-13-7-17(27)18(8-13)30-31(22,28)29/h3-6,9,12-13,16-18,27H,7-8,10-11H2,1-2H3,(H2,22,28,29)(H2,23,24,25,26)/t13-,16-,17-,18+/m0/s1. The van der Waals surface area contributed by atoms with Gasteiger partial charge in [-0.1, -0.05) is 38.1 Å². The topological polar surface area (TPSA) is 139 Å². The zero-order valence-electron chi connectivity index (χ0n) is 17.7. The Morgan fingerprint density at radius 2 is 1.97 bits per heavy atom. The van der Waals surface area contributed by atoms with E-state index in [1.807, 2.05) is 6.07 Å². The number of aliphatic hydroxyl groups is 1. The summed E-state index contributed by atoms with van der Waals surface area (Å²) < 4.78 is 27.0. The Morgan fingerprint density at radius 1 is 1.23 bits per heavy atom. The molecule has 9 nitrogen and oxygen atoms in total. The molecule has 0 saturated heterocycles. The molecule has 31 heavy (non-hydrogen) atoms. The lowest BCUT2D eigenvalue weighted by Crippen LogP contribution is -2.29. The van der Waals surface area contributed by atoms with Crippen molar-refractivity contribution in [3.63, 3.8) is 0 Å². The van der Waals surface area contributed by atoms with Crippen molar-refractivity contribution in [2.45, 2.75) is 56.8 Å². The van der Waals surface area contributed by atoms with Crippen LogP contribution in [-0.2, 0) is 19.9 Å². The van der Waals surface area contributed by atoms with E-state index in [2.05, 4.69) is 58.7 Å². The maximum atomic E-state index is 11.1. The van der Waals surface area contributed by atoms with Gasteiger partial charge in [0.25, 0.3) is 0 Å². The van der Waals surface area contributed by atoms with Gasteiger partial charge in [0.15, 0.2) is 0 Å². The molecule has 0 radical (unpaired) electrons. The fraction of sp³-hybridized carbons (Fsp3) is 0.524. The Labute approximate surface area is 182 Å². The predicted octanol–water partition coefficient (Wildman–Crippen LogP) is 2.08. The van der Waals surface area contributed by atoms with Crippen molar-refractivity contribution in [1.29, 1.82) is 0 Å². The van der Waals surface area contributed by atoms with Crippen LogP contribution in [0.2, 0.25) is 0 Å². The van der Waals surface area contributed by atoms with Crippen LogP contribution in [-0.4, -0.2) is 42.2 Å². The van der Waals surface area contributed by atoms with Crippen LogP contribution in [0.1, 0.15) is 50.3 Å². The average molecular weight is 448 g/mol. The first-order chi connectivity index (χ1) is 14.6. The first-order valence-corrected chi connectivity index (χ1v) is 11.9. The van der Waals surface area contributed by atoms with Crippen LogP contribution in [0.4, 0.5) is 11.6 Å². The summed E-state index contributed by atoms with van der Waals surface area (Å²) in [4.78, 5) is 8.64. The zero-order valence-corrected chi connectivity index (χ0v) is 18.5. The minimum atomic E-state index is -4.09. The van der Waals surface area contributed by atoms with E-state index in [9.17, 15) is 13.5 Å². The second-order valence-corrected chi connectivity index (χ2v) is 10.3. The van der Waals surface area contributed by atoms with Crippen molar-refractivity contribution in [1.82, 2.24) is 9.97 Å². The van der Waals surface area contributed by atoms with Gasteiger partial charge in [-0.3, -0.25) is 4.18 Å². The molecular formula is C21H29N5O4S. The molecule has 10 heteroatoms. The number of fused-ring (bicyclic) bond motifs is 1. The quantitative estimate of drug-likeness (QED) is 0.506. The molecule has 2 aromatic rings. The van der Waals surface area contributed by atoms with Gasteiger partial charge < -0.3 is 15.7 Å². The predicted molar refractivity (Wildman–Crippen MR) is 118 cm³/mol. The van der Waals surface area contributed by atoms with Crippen molar-refractivity contribution in [2.24, 2.45) is 11.1 Å². The normalized spacial score (nSPS) is 27.1. The first-order valence-electron chi connectivity index (χ1n) is 10.4. The molecule has 0 aliphatic heterocycles. The number of hydrogen-bond donors (Lipinski definition) is 4. The second-order valence-electron chi connectivity index (χ2n) is 9.07. The summed E-state index contributed by atoms with van der Waals surface area (Å²) in [6.45, 7) is 5.03. The minimum Gasteiger partial charge on any atom is -0.390 e. The van der Waals surface area contributed by atoms with Crippen molar-refractivity contribution in [3.8, 4) is 0 Å². The molecule has 4 rings (SSSR count). The van der Waals surface area contributed by atoms with Crippen molar-refractivity contribution in [2.75, 3.05) is 17.2 Å². The summed E-state index contributed by atoms with van der Waals surface area (Å²) in [7, 11) is -4.09. The summed E-state index contributed by atoms with van der Waals surface area (Å²) in [5, 5.41) is 21.7. The molecule has 1 heterocycles. The van der Waals surface area contributed by atoms with E-state index in [0.29, 0.717) is 25.2 Å². The van der Waals surface area contributed by atoms with Gasteiger partial charge in [-0.25, -0.2) is 15.1 Å². The Balaban J connectivity index is 1.37. The molecule has 168 valence electrons. The van der Waals surface area contributed by atoms with Crippen LogP contribution in [0.3, 0.4) is 0 Å². The summed E-state index contributed by atoms with van der Waals surface area (Å²) in [5.41, 5.74) is 2.75. The van der Waals surface area contributed by atoms with Crippen LogP contribution in [0, 0.1) is 5.92 Å². The van der Waals surface area contributed by atoms with Crippen LogP contribution in [0.25, 0.3) is 0 Å². The van der Waals surface area contributed by atoms with Crippen LogP contribution >= 0.6 is 0 Å². The van der Waals surface area contributed by atoms with Gasteiger partial charge in [0.05, 0.1) is 12.1 Å². The highest BCUT2D eigenvalue weighted by molar-refractivity contribution is 7.84. The number of benzene rings is 1. The van der Waals surface area contributed by atoms with E-state index >= 15 is 0 Å². The maximum Gasteiger partial charge on any atom is 0.333 e. The summed E-state index contributed by atoms with van der Waals surface area (Å²) >= 11 is 0. The molecule has 0 amide bonds. The lowest BCUT2D eigenvalue weighted by Gasteiger charge is -2.20. The zero-order chi connectivity index (χ0) is 22.2. The van der Waals surface area contributed by atoms with Crippen LogP contribution in [0.5, 0.6) is 0 Å². The molecule has 1 aromatic heterocycles. The molecule has 1 fully saturated rings. The molecule has 0 unspecified atom stereocenters. The van der Waals surface area contributed by atoms with Gasteiger partial charge in [0, 0.05) is 12.6 Å². The monoisotopic (exact) mass is 447 g/mol. The van der Waals surface area contributed by atoms with Gasteiger partial charge in [0.1, 0.15) is 24.1 Å². The first kappa shape index (κ1) is 21.9. The molecular weight excluding hydrogens is 418 g/mol. The van der Waals surface area contributed by atoms with E-state index in [4.69, 9.17) is 9.32 Å². The summed E-state index contributed by atoms with van der Waals surface area (Å²) in [6, 6.07) is 10.5. The highest BCUT2D eigenvalue weighted by atomic mass is 32.2. The number of rotatable bonds is 7. The summed E-state index contributed by atoms with van der Waals surface area (Å²) in [6.07, 6.45) is 1.64. The largest absolute Gasteiger partial charge is 0.390 e. The second kappa shape index (κ2) is 8.34. The third kappa shape index (κ3) is 5.15. The van der Waals surface area contributed by atoms with Gasteiger partial charge in [-0.05, 0) is 41.7 Å². The third-order valence-corrected chi connectivity index (χ3v) is 6.68. The van der Waals surface area contributed by atoms with E-state index < -0.39 is 22.5 Å². The molecule has 1 saturated carbocycles. The Hall–Kier alpha value is -2.27. The van der Waals surface area contributed by atoms with Crippen molar-refractivity contribution in [3.05, 3.63) is 47.8 Å². The minimum absolute atomic E-state index is 0.0376. The fourth-order valence-corrected chi connectivity index (χ4v) is 5.31. The molecule has 0 bridgehead atoms. The van der Waals surface area contributed by atoms with Crippen LogP contribution in [0.15, 0.2) is 36.7 Å². The Bertz CT molecular complexity index is 1050. The lowest BCUT2D eigenvalue weighted by atomic mass is 9.86. The smallest absolute Gasteiger partial charge is 0.333 e. The summed E-state index contributed by atoms with van der Waals surface area (Å²) in [5.74, 6) is 1.43. The fourth-order valence-electron chi connectivity index (χ4n) is 4.75. The average Bonchev–Trinajstić information content (AvgIpc) is 3.16. The lowest BCUT2D eigenvalue weighted by molar-refractivity contribution is 0.0645. The van der Waals surface area contributed by atoms with Crippen molar-refractivity contribution >= 4 is 21.9 Å². The third-order valence-electron chi connectivity index (χ3n) is 6.17. The highest BCUT2D eigenvalue weighted by Crippen LogP contribution is 2.45. The number of aliphatic hydroxyl groups excluding tert-OH is 1. The highest BCUT2D eigenvalue weighted by Gasteiger charge is 2.37. The molecule has 2 aliphatic rings. The number of aromatic nitrogens is 2.